The number of ketones is 2. The van der Waals surface area contributed by atoms with Crippen LogP contribution in [0.1, 0.15) is 34.1 Å². The van der Waals surface area contributed by atoms with E-state index in [2.05, 4.69) is 0 Å². The second-order valence-electron chi connectivity index (χ2n) is 5.21. The molecule has 0 aromatic heterocycles. The maximum Gasteiger partial charge on any atom is 0.199 e. The molecule has 4 nitrogen and oxygen atoms in total. The smallest absolute Gasteiger partial charge is 0.199 e. The highest BCUT2D eigenvalue weighted by Crippen LogP contribution is 2.30. The van der Waals surface area contributed by atoms with E-state index in [0.29, 0.717) is 6.42 Å². The Morgan fingerprint density at radius 2 is 1.83 bits per heavy atom. The van der Waals surface area contributed by atoms with Gasteiger partial charge in [0.15, 0.2) is 11.6 Å². The third kappa shape index (κ3) is 2.70. The van der Waals surface area contributed by atoms with Crippen LogP contribution in [0.3, 0.4) is 0 Å². The lowest BCUT2D eigenvalue weighted by atomic mass is 9.98. The Bertz CT molecular complexity index is 425. The first-order valence-electron chi connectivity index (χ1n) is 6.10. The minimum absolute atomic E-state index is 0.218. The van der Waals surface area contributed by atoms with Gasteiger partial charge in [-0.1, -0.05) is 25.5 Å². The molecule has 4 heteroatoms. The minimum atomic E-state index is -1.33. The standard InChI is InChI=1S/C14H20O4/c1-7(2)5-6-9-12(16)10(11(15)8(3)4)14(18)13(9)17/h5,8-9,13,15,17H,6H2,1-4H3/b11-10+/t9?,13-/m1/s1. The Balaban J connectivity index is 3.09. The minimum Gasteiger partial charge on any atom is -0.511 e. The van der Waals surface area contributed by atoms with Crippen molar-refractivity contribution in [3.05, 3.63) is 23.0 Å². The Morgan fingerprint density at radius 1 is 1.28 bits per heavy atom. The van der Waals surface area contributed by atoms with E-state index < -0.39 is 23.6 Å². The van der Waals surface area contributed by atoms with Crippen molar-refractivity contribution in [1.29, 1.82) is 0 Å². The predicted octanol–water partition coefficient (Wildman–Crippen LogP) is 1.94. The monoisotopic (exact) mass is 252 g/mol. The fraction of sp³-hybridized carbons (Fsp3) is 0.571. The first-order chi connectivity index (χ1) is 8.27. The molecule has 100 valence electrons. The number of carbonyl (C=O) groups excluding carboxylic acids is 2. The van der Waals surface area contributed by atoms with Gasteiger partial charge in [0.2, 0.25) is 0 Å². The highest BCUT2D eigenvalue weighted by Gasteiger charge is 2.46. The van der Waals surface area contributed by atoms with Crippen molar-refractivity contribution in [1.82, 2.24) is 0 Å². The van der Waals surface area contributed by atoms with Gasteiger partial charge in [0.1, 0.15) is 17.4 Å². The molecule has 0 saturated heterocycles. The molecule has 1 aliphatic rings. The summed E-state index contributed by atoms with van der Waals surface area (Å²) in [5.74, 6) is -2.39. The zero-order valence-corrected chi connectivity index (χ0v) is 11.2. The Morgan fingerprint density at radius 3 is 2.28 bits per heavy atom. The largest absolute Gasteiger partial charge is 0.511 e. The average Bonchev–Trinajstić information content (AvgIpc) is 2.47. The maximum absolute atomic E-state index is 12.1. The molecule has 2 atom stereocenters. The van der Waals surface area contributed by atoms with Gasteiger partial charge in [-0.3, -0.25) is 9.59 Å². The molecule has 18 heavy (non-hydrogen) atoms. The number of hydrogen-bond donors (Lipinski definition) is 2. The topological polar surface area (TPSA) is 74.6 Å². The zero-order valence-electron chi connectivity index (χ0n) is 11.2. The van der Waals surface area contributed by atoms with E-state index in [4.69, 9.17) is 0 Å². The van der Waals surface area contributed by atoms with E-state index in [1.807, 2.05) is 19.9 Å². The van der Waals surface area contributed by atoms with Gasteiger partial charge in [-0.2, -0.15) is 0 Å². The molecule has 0 bridgehead atoms. The summed E-state index contributed by atoms with van der Waals surface area (Å²) in [6.07, 6.45) is 0.807. The molecule has 0 aromatic rings. The van der Waals surface area contributed by atoms with Gasteiger partial charge in [-0.25, -0.2) is 0 Å². The van der Waals surface area contributed by atoms with Crippen LogP contribution in [0.15, 0.2) is 23.0 Å². The van der Waals surface area contributed by atoms with Gasteiger partial charge in [0.25, 0.3) is 0 Å². The molecule has 0 aliphatic heterocycles. The summed E-state index contributed by atoms with van der Waals surface area (Å²) in [5.41, 5.74) is 0.803. The van der Waals surface area contributed by atoms with Crippen LogP contribution in [0, 0.1) is 11.8 Å². The van der Waals surface area contributed by atoms with Crippen LogP contribution in [0.25, 0.3) is 0 Å². The first-order valence-corrected chi connectivity index (χ1v) is 6.10. The average molecular weight is 252 g/mol. The van der Waals surface area contributed by atoms with Crippen LogP contribution in [-0.4, -0.2) is 27.9 Å². The van der Waals surface area contributed by atoms with Crippen LogP contribution < -0.4 is 0 Å². The summed E-state index contributed by atoms with van der Waals surface area (Å²) in [6.45, 7) is 7.16. The van der Waals surface area contributed by atoms with Crippen LogP contribution in [0.4, 0.5) is 0 Å². The molecule has 1 saturated carbocycles. The highest BCUT2D eigenvalue weighted by atomic mass is 16.3. The van der Waals surface area contributed by atoms with E-state index in [0.717, 1.165) is 5.57 Å². The van der Waals surface area contributed by atoms with E-state index in [1.165, 1.54) is 0 Å². The molecule has 0 amide bonds. The Labute approximate surface area is 107 Å². The van der Waals surface area contributed by atoms with Gasteiger partial charge in [-0.15, -0.1) is 0 Å². The summed E-state index contributed by atoms with van der Waals surface area (Å²) in [6, 6.07) is 0. The third-order valence-electron chi connectivity index (χ3n) is 3.06. The fourth-order valence-electron chi connectivity index (χ4n) is 1.92. The molecule has 0 aromatic carbocycles. The van der Waals surface area contributed by atoms with Gasteiger partial charge >= 0.3 is 0 Å². The molecule has 0 heterocycles. The van der Waals surface area contributed by atoms with Gasteiger partial charge in [0, 0.05) is 5.92 Å². The summed E-state index contributed by atoms with van der Waals surface area (Å²) in [4.78, 5) is 23.9. The van der Waals surface area contributed by atoms with Crippen molar-refractivity contribution in [2.24, 2.45) is 11.8 Å². The first kappa shape index (κ1) is 14.6. The molecule has 0 radical (unpaired) electrons. The quantitative estimate of drug-likeness (QED) is 0.348. The molecule has 1 aliphatic carbocycles. The Hall–Kier alpha value is -1.42. The Kier molecular flexibility index (Phi) is 4.46. The maximum atomic E-state index is 12.1. The molecule has 1 rings (SSSR count). The van der Waals surface area contributed by atoms with Crippen molar-refractivity contribution < 1.29 is 19.8 Å². The van der Waals surface area contributed by atoms with Crippen molar-refractivity contribution in [2.45, 2.75) is 40.2 Å². The predicted molar refractivity (Wildman–Crippen MR) is 68.1 cm³/mol. The number of aliphatic hydroxyl groups is 2. The van der Waals surface area contributed by atoms with Gasteiger partial charge in [-0.05, 0) is 20.3 Å². The molecular weight excluding hydrogens is 232 g/mol. The lowest BCUT2D eigenvalue weighted by Crippen LogP contribution is -2.22. The molecule has 1 unspecified atom stereocenters. The van der Waals surface area contributed by atoms with E-state index in [1.54, 1.807) is 13.8 Å². The number of rotatable bonds is 3. The van der Waals surface area contributed by atoms with E-state index in [-0.39, 0.29) is 17.3 Å². The van der Waals surface area contributed by atoms with E-state index in [9.17, 15) is 19.8 Å². The van der Waals surface area contributed by atoms with Crippen LogP contribution in [0.5, 0.6) is 0 Å². The van der Waals surface area contributed by atoms with Crippen molar-refractivity contribution in [3.63, 3.8) is 0 Å². The lowest BCUT2D eigenvalue weighted by molar-refractivity contribution is -0.124. The molecule has 2 N–H and O–H groups in total. The van der Waals surface area contributed by atoms with Gasteiger partial charge < -0.3 is 10.2 Å². The second-order valence-corrected chi connectivity index (χ2v) is 5.21. The lowest BCUT2D eigenvalue weighted by Gasteiger charge is -2.08. The molecule has 0 spiro atoms. The van der Waals surface area contributed by atoms with Crippen LogP contribution >= 0.6 is 0 Å². The molecule has 1 fully saturated rings. The highest BCUT2D eigenvalue weighted by molar-refractivity contribution is 6.28. The SMILES string of the molecule is CC(C)=CCC1C(=O)/C(=C(\O)C(C)C)C(=O)[C@@H]1O. The molecular formula is C14H20O4. The summed E-state index contributed by atoms with van der Waals surface area (Å²) < 4.78 is 0. The van der Waals surface area contributed by atoms with Crippen molar-refractivity contribution in [3.8, 4) is 0 Å². The number of allylic oxidation sites excluding steroid dienone is 3. The number of hydrogen-bond acceptors (Lipinski definition) is 4. The number of aliphatic hydroxyl groups excluding tert-OH is 2. The van der Waals surface area contributed by atoms with Crippen molar-refractivity contribution >= 4 is 11.6 Å². The number of carbonyl (C=O) groups is 2. The number of Topliss-reactive ketones (excluding diaryl/α,β-unsaturated/α-hetero) is 2. The van der Waals surface area contributed by atoms with Crippen LogP contribution in [-0.2, 0) is 9.59 Å². The van der Waals surface area contributed by atoms with E-state index >= 15 is 0 Å². The fourth-order valence-corrected chi connectivity index (χ4v) is 1.92. The van der Waals surface area contributed by atoms with Crippen LogP contribution in [0.2, 0.25) is 0 Å². The summed E-state index contributed by atoms with van der Waals surface area (Å²) in [5, 5.41) is 19.6. The second kappa shape index (κ2) is 5.48. The third-order valence-corrected chi connectivity index (χ3v) is 3.06. The summed E-state index contributed by atoms with van der Waals surface area (Å²) >= 11 is 0. The summed E-state index contributed by atoms with van der Waals surface area (Å²) in [7, 11) is 0. The zero-order chi connectivity index (χ0) is 14.0. The normalized spacial score (nSPS) is 26.8. The van der Waals surface area contributed by atoms with Crippen molar-refractivity contribution in [2.75, 3.05) is 0 Å². The van der Waals surface area contributed by atoms with Gasteiger partial charge in [0.05, 0.1) is 5.92 Å².